The topological polar surface area (TPSA) is 42.3 Å². The molecule has 0 spiro atoms. The normalized spacial score (nSPS) is 19.8. The van der Waals surface area contributed by atoms with Gasteiger partial charge in [0, 0.05) is 30.5 Å². The molecule has 0 unspecified atom stereocenters. The van der Waals surface area contributed by atoms with E-state index in [-0.39, 0.29) is 23.4 Å². The lowest BCUT2D eigenvalue weighted by atomic mass is 9.91. The molecule has 0 bridgehead atoms. The van der Waals surface area contributed by atoms with Gasteiger partial charge in [0.05, 0.1) is 6.04 Å². The van der Waals surface area contributed by atoms with Crippen molar-refractivity contribution in [1.82, 2.24) is 9.47 Å². The van der Waals surface area contributed by atoms with Crippen LogP contribution in [-0.2, 0) is 13.5 Å². The Hall–Kier alpha value is -2.36. The number of pyridine rings is 1. The molecule has 2 rings (SSSR count). The Bertz CT molecular complexity index is 801. The first-order valence-electron chi connectivity index (χ1n) is 9.26. The lowest BCUT2D eigenvalue weighted by Crippen LogP contribution is -2.50. The number of aryl methyl sites for hydroxylation is 1. The third-order valence-electron chi connectivity index (χ3n) is 5.22. The first kappa shape index (κ1) is 20.0. The maximum absolute atomic E-state index is 13.6. The van der Waals surface area contributed by atoms with Crippen LogP contribution in [0.3, 0.4) is 0 Å². The molecular weight excluding hydrogens is 324 g/mol. The van der Waals surface area contributed by atoms with Crippen LogP contribution in [0.5, 0.6) is 0 Å². The van der Waals surface area contributed by atoms with E-state index in [1.807, 2.05) is 42.5 Å². The minimum atomic E-state index is -0.191. The van der Waals surface area contributed by atoms with Gasteiger partial charge in [-0.2, -0.15) is 0 Å². The number of amides is 1. The van der Waals surface area contributed by atoms with Gasteiger partial charge in [0.1, 0.15) is 5.56 Å². The summed E-state index contributed by atoms with van der Waals surface area (Å²) >= 11 is 0. The summed E-state index contributed by atoms with van der Waals surface area (Å²) in [6.07, 6.45) is 8.63. The van der Waals surface area contributed by atoms with Crippen molar-refractivity contribution in [2.24, 2.45) is 7.05 Å². The second-order valence-electron chi connectivity index (χ2n) is 7.08. The van der Waals surface area contributed by atoms with Gasteiger partial charge in [0.2, 0.25) is 0 Å². The van der Waals surface area contributed by atoms with Crippen LogP contribution in [0, 0.1) is 6.92 Å². The molecule has 140 valence electrons. The maximum Gasteiger partial charge on any atom is 0.260 e. The molecule has 0 saturated carbocycles. The third kappa shape index (κ3) is 3.74. The molecule has 4 heteroatoms. The number of rotatable bonds is 6. The van der Waals surface area contributed by atoms with Crippen LogP contribution in [0.4, 0.5) is 0 Å². The minimum absolute atomic E-state index is 0.0191. The first-order valence-corrected chi connectivity index (χ1v) is 9.26. The summed E-state index contributed by atoms with van der Waals surface area (Å²) in [7, 11) is 1.91. The van der Waals surface area contributed by atoms with Crippen molar-refractivity contribution >= 4 is 5.91 Å². The van der Waals surface area contributed by atoms with E-state index in [1.165, 1.54) is 5.57 Å². The molecule has 2 heterocycles. The van der Waals surface area contributed by atoms with Gasteiger partial charge in [-0.05, 0) is 39.5 Å². The van der Waals surface area contributed by atoms with E-state index < -0.39 is 0 Å². The molecule has 2 atom stereocenters. The first-order chi connectivity index (χ1) is 12.3. The van der Waals surface area contributed by atoms with Crippen molar-refractivity contribution in [3.63, 3.8) is 0 Å². The predicted octanol–water partition coefficient (Wildman–Crippen LogP) is 3.94. The number of hydrogen-bond acceptors (Lipinski definition) is 2. The fourth-order valence-corrected chi connectivity index (χ4v) is 3.93. The van der Waals surface area contributed by atoms with Crippen molar-refractivity contribution in [2.75, 3.05) is 0 Å². The highest BCUT2D eigenvalue weighted by molar-refractivity contribution is 5.96. The number of hydrogen-bond donors (Lipinski definition) is 0. The zero-order valence-corrected chi connectivity index (χ0v) is 16.4. The summed E-state index contributed by atoms with van der Waals surface area (Å²) in [5.41, 5.74) is 3.03. The summed E-state index contributed by atoms with van der Waals surface area (Å²) in [6, 6.07) is 1.50. The van der Waals surface area contributed by atoms with E-state index in [0.717, 1.165) is 17.8 Å². The van der Waals surface area contributed by atoms with Crippen LogP contribution < -0.4 is 5.43 Å². The largest absolute Gasteiger partial charge is 0.351 e. The van der Waals surface area contributed by atoms with Gasteiger partial charge in [-0.3, -0.25) is 9.59 Å². The van der Waals surface area contributed by atoms with Crippen LogP contribution in [-0.4, -0.2) is 27.5 Å². The summed E-state index contributed by atoms with van der Waals surface area (Å²) in [5, 5.41) is 0. The van der Waals surface area contributed by atoms with E-state index in [1.54, 1.807) is 6.07 Å². The van der Waals surface area contributed by atoms with E-state index in [9.17, 15) is 9.59 Å². The molecule has 0 aliphatic carbocycles. The standard InChI is InChI=1S/C22H30N2O2/c1-7-10-17-12-15(4)13-18(11-8-2)24(17)22(26)21-19(9-3)23(6)16(5)14-20(21)25/h7-8,12,14,17-18H,1-2,9-11,13H2,3-6H3/t17-,18-/m1/s1. The Morgan fingerprint density at radius 2 is 1.92 bits per heavy atom. The second kappa shape index (κ2) is 8.35. The molecular formula is C22H30N2O2. The smallest absolute Gasteiger partial charge is 0.260 e. The van der Waals surface area contributed by atoms with E-state index in [4.69, 9.17) is 0 Å². The fourth-order valence-electron chi connectivity index (χ4n) is 3.93. The molecule has 0 saturated heterocycles. The molecule has 1 aromatic heterocycles. The van der Waals surface area contributed by atoms with Crippen molar-refractivity contribution in [1.29, 1.82) is 0 Å². The molecule has 1 aromatic rings. The van der Waals surface area contributed by atoms with Crippen LogP contribution in [0.15, 0.2) is 47.8 Å². The molecule has 1 amide bonds. The Labute approximate surface area is 156 Å². The Morgan fingerprint density at radius 1 is 1.27 bits per heavy atom. The number of aromatic nitrogens is 1. The summed E-state index contributed by atoms with van der Waals surface area (Å²) in [4.78, 5) is 28.2. The van der Waals surface area contributed by atoms with Gasteiger partial charge in [-0.25, -0.2) is 0 Å². The number of carbonyl (C=O) groups excluding carboxylic acids is 1. The zero-order chi connectivity index (χ0) is 19.4. The molecule has 0 fully saturated rings. The average molecular weight is 354 g/mol. The molecule has 1 aliphatic rings. The van der Waals surface area contributed by atoms with Gasteiger partial charge >= 0.3 is 0 Å². The monoisotopic (exact) mass is 354 g/mol. The van der Waals surface area contributed by atoms with Crippen LogP contribution in [0.2, 0.25) is 0 Å². The molecule has 0 N–H and O–H groups in total. The molecule has 1 aliphatic heterocycles. The van der Waals surface area contributed by atoms with Crippen LogP contribution in [0.1, 0.15) is 54.9 Å². The Morgan fingerprint density at radius 3 is 2.50 bits per heavy atom. The summed E-state index contributed by atoms with van der Waals surface area (Å²) in [5.74, 6) is -0.176. The van der Waals surface area contributed by atoms with Crippen molar-refractivity contribution < 1.29 is 4.79 Å². The number of carbonyl (C=O) groups is 1. The maximum atomic E-state index is 13.6. The Balaban J connectivity index is 2.61. The Kier molecular flexibility index (Phi) is 6.41. The minimum Gasteiger partial charge on any atom is -0.351 e. The third-order valence-corrected chi connectivity index (χ3v) is 5.22. The summed E-state index contributed by atoms with van der Waals surface area (Å²) < 4.78 is 1.95. The lowest BCUT2D eigenvalue weighted by molar-refractivity contribution is 0.0597. The second-order valence-corrected chi connectivity index (χ2v) is 7.08. The van der Waals surface area contributed by atoms with Crippen LogP contribution in [0.25, 0.3) is 0 Å². The van der Waals surface area contributed by atoms with Gasteiger partial charge in [-0.15, -0.1) is 13.2 Å². The van der Waals surface area contributed by atoms with Gasteiger partial charge in [0.15, 0.2) is 5.43 Å². The quantitative estimate of drug-likeness (QED) is 0.726. The van der Waals surface area contributed by atoms with Gasteiger partial charge < -0.3 is 9.47 Å². The highest BCUT2D eigenvalue weighted by Crippen LogP contribution is 2.29. The highest BCUT2D eigenvalue weighted by atomic mass is 16.2. The lowest BCUT2D eigenvalue weighted by Gasteiger charge is -2.40. The fraction of sp³-hybridized carbons (Fsp3) is 0.455. The average Bonchev–Trinajstić information content (AvgIpc) is 2.57. The van der Waals surface area contributed by atoms with Crippen LogP contribution >= 0.6 is 0 Å². The highest BCUT2D eigenvalue weighted by Gasteiger charge is 2.34. The van der Waals surface area contributed by atoms with Crippen molar-refractivity contribution in [3.05, 3.63) is 70.2 Å². The number of nitrogens with zero attached hydrogens (tertiary/aromatic N) is 2. The SMILES string of the molecule is C=CC[C@@H]1CC(C)=C[C@@H](CC=C)N1C(=O)c1c(CC)n(C)c(C)cc1=O. The van der Waals surface area contributed by atoms with E-state index in [0.29, 0.717) is 24.8 Å². The van der Waals surface area contributed by atoms with Crippen molar-refractivity contribution in [2.45, 2.75) is 58.5 Å². The molecule has 0 radical (unpaired) electrons. The predicted molar refractivity (Wildman–Crippen MR) is 108 cm³/mol. The van der Waals surface area contributed by atoms with Crippen molar-refractivity contribution in [3.8, 4) is 0 Å². The van der Waals surface area contributed by atoms with Gasteiger partial charge in [0.25, 0.3) is 5.91 Å². The van der Waals surface area contributed by atoms with Gasteiger partial charge in [-0.1, -0.05) is 30.7 Å². The van der Waals surface area contributed by atoms with E-state index >= 15 is 0 Å². The molecule has 4 nitrogen and oxygen atoms in total. The zero-order valence-electron chi connectivity index (χ0n) is 16.4. The molecule has 26 heavy (non-hydrogen) atoms. The van der Waals surface area contributed by atoms with E-state index in [2.05, 4.69) is 26.2 Å². The molecule has 0 aromatic carbocycles. The summed E-state index contributed by atoms with van der Waals surface area (Å²) in [6.45, 7) is 13.7.